The molecule has 0 saturated heterocycles. The molecule has 1 N–H and O–H groups in total. The summed E-state index contributed by atoms with van der Waals surface area (Å²) in [6, 6.07) is 18.2. The van der Waals surface area contributed by atoms with Crippen LogP contribution >= 0.6 is 11.6 Å². The van der Waals surface area contributed by atoms with Gasteiger partial charge < -0.3 is 10.0 Å². The van der Waals surface area contributed by atoms with Crippen LogP contribution in [-0.4, -0.2) is 46.8 Å². The Morgan fingerprint density at radius 1 is 0.881 bits per heavy atom. The monoisotopic (exact) mass is 580 g/mol. The zero-order valence-electron chi connectivity index (χ0n) is 23.5. The smallest absolute Gasteiger partial charge is 0.335 e. The van der Waals surface area contributed by atoms with Gasteiger partial charge in [0.25, 0.3) is 17.7 Å². The van der Waals surface area contributed by atoms with Crippen molar-refractivity contribution in [1.29, 1.82) is 0 Å². The fourth-order valence-corrected chi connectivity index (χ4v) is 6.97. The highest BCUT2D eigenvalue weighted by molar-refractivity contribution is 6.36. The number of benzene rings is 3. The van der Waals surface area contributed by atoms with Crippen molar-refractivity contribution < 1.29 is 24.3 Å². The van der Waals surface area contributed by atoms with Crippen LogP contribution in [0.15, 0.2) is 84.5 Å². The van der Waals surface area contributed by atoms with E-state index in [-0.39, 0.29) is 33.6 Å². The summed E-state index contributed by atoms with van der Waals surface area (Å²) >= 11 is 6.31. The van der Waals surface area contributed by atoms with Crippen molar-refractivity contribution in [2.75, 3.05) is 18.0 Å². The number of carboxylic acids is 1. The van der Waals surface area contributed by atoms with Crippen LogP contribution in [0.4, 0.5) is 5.69 Å². The summed E-state index contributed by atoms with van der Waals surface area (Å²) in [7, 11) is 0. The number of carboxylic acid groups (broad SMARTS) is 1. The maximum atomic E-state index is 14.1. The molecule has 2 heterocycles. The molecule has 212 valence electrons. The number of anilines is 1. The van der Waals surface area contributed by atoms with E-state index in [0.29, 0.717) is 35.7 Å². The third-order valence-electron chi connectivity index (χ3n) is 8.76. The number of hydrogen-bond donors (Lipinski definition) is 1. The number of nitrogens with zero attached hydrogens (tertiary/aromatic N) is 2. The molecule has 0 fully saturated rings. The molecular formula is C34H29ClN2O5. The summed E-state index contributed by atoms with van der Waals surface area (Å²) in [5.41, 5.74) is 3.86. The first-order valence-electron chi connectivity index (χ1n) is 13.7. The van der Waals surface area contributed by atoms with Gasteiger partial charge in [-0.15, -0.1) is 0 Å². The van der Waals surface area contributed by atoms with Crippen molar-refractivity contribution >= 4 is 46.6 Å². The maximum absolute atomic E-state index is 14.1. The molecule has 42 heavy (non-hydrogen) atoms. The molecule has 3 amide bonds. The van der Waals surface area contributed by atoms with Gasteiger partial charge in [-0.3, -0.25) is 14.4 Å². The lowest BCUT2D eigenvalue weighted by molar-refractivity contribution is 0.0679. The second kappa shape index (κ2) is 9.81. The second-order valence-corrected chi connectivity index (χ2v) is 12.3. The number of carbonyl (C=O) groups is 4. The summed E-state index contributed by atoms with van der Waals surface area (Å²) in [6.45, 7) is 7.28. The van der Waals surface area contributed by atoms with E-state index >= 15 is 0 Å². The van der Waals surface area contributed by atoms with Crippen LogP contribution in [-0.2, 0) is 0 Å². The molecule has 0 bridgehead atoms. The van der Waals surface area contributed by atoms with Crippen LogP contribution in [0, 0.1) is 10.8 Å². The van der Waals surface area contributed by atoms with Gasteiger partial charge in [-0.2, -0.15) is 0 Å². The zero-order valence-corrected chi connectivity index (χ0v) is 24.2. The van der Waals surface area contributed by atoms with Crippen LogP contribution in [0.3, 0.4) is 0 Å². The van der Waals surface area contributed by atoms with Gasteiger partial charge >= 0.3 is 5.97 Å². The molecule has 8 heteroatoms. The number of imide groups is 1. The summed E-state index contributed by atoms with van der Waals surface area (Å²) in [5, 5.41) is 9.60. The minimum atomic E-state index is -0.961. The molecule has 0 radical (unpaired) electrons. The molecule has 6 rings (SSSR count). The number of rotatable bonds is 4. The number of amides is 3. The Hall–Kier alpha value is -4.49. The fourth-order valence-electron chi connectivity index (χ4n) is 6.81. The van der Waals surface area contributed by atoms with Gasteiger partial charge in [-0.25, -0.2) is 9.69 Å². The maximum Gasteiger partial charge on any atom is 0.335 e. The third kappa shape index (κ3) is 4.27. The minimum Gasteiger partial charge on any atom is -0.478 e. The molecular weight excluding hydrogens is 552 g/mol. The summed E-state index contributed by atoms with van der Waals surface area (Å²) in [4.78, 5) is 54.7. The number of fused-ring (bicyclic) bond motifs is 2. The van der Waals surface area contributed by atoms with Crippen LogP contribution in [0.5, 0.6) is 0 Å². The largest absolute Gasteiger partial charge is 0.478 e. The van der Waals surface area contributed by atoms with Gasteiger partial charge in [-0.1, -0.05) is 74.4 Å². The molecule has 1 atom stereocenters. The zero-order chi connectivity index (χ0) is 30.0. The van der Waals surface area contributed by atoms with Crippen molar-refractivity contribution in [3.8, 4) is 0 Å². The first-order chi connectivity index (χ1) is 19.9. The number of carbonyl (C=O) groups excluding carboxylic acids is 3. The Morgan fingerprint density at radius 3 is 2.14 bits per heavy atom. The molecule has 0 spiro atoms. The first kappa shape index (κ1) is 27.7. The first-order valence-corrected chi connectivity index (χ1v) is 14.1. The Labute approximate surface area is 248 Å². The highest BCUT2D eigenvalue weighted by atomic mass is 35.5. The van der Waals surface area contributed by atoms with Crippen LogP contribution in [0.25, 0.3) is 5.57 Å². The van der Waals surface area contributed by atoms with Crippen molar-refractivity contribution in [1.82, 2.24) is 4.90 Å². The Kier molecular flexibility index (Phi) is 6.46. The summed E-state index contributed by atoms with van der Waals surface area (Å²) < 4.78 is 0. The van der Waals surface area contributed by atoms with E-state index in [1.165, 1.54) is 11.6 Å². The SMILES string of the molecule is CC1(C)C(c2ccc(C(=O)O)cc2)=CC[C@]2(C)CN(C(=O)c3ccc(Cl)cc3N3C(=O)c4ccccc4C3=O)CC=C12. The van der Waals surface area contributed by atoms with Crippen LogP contribution in [0.2, 0.25) is 5.02 Å². The Morgan fingerprint density at radius 2 is 1.52 bits per heavy atom. The third-order valence-corrected chi connectivity index (χ3v) is 9.00. The van der Waals surface area contributed by atoms with Crippen molar-refractivity contribution in [2.24, 2.45) is 10.8 Å². The highest BCUT2D eigenvalue weighted by Gasteiger charge is 2.47. The molecule has 1 aliphatic carbocycles. The standard InChI is InChI=1S/C34H29ClN2O5/c1-33(2)26(20-8-10-21(11-9-20)32(41)42)14-16-34(3)19-36(17-15-28(33)34)29(38)25-13-12-22(35)18-27(25)37-30(39)23-6-4-5-7-24(23)31(37)40/h4-15,18H,16-17,19H2,1-3H3,(H,41,42)/t34-/m1/s1. The molecule has 3 aromatic rings. The van der Waals surface area contributed by atoms with E-state index in [9.17, 15) is 24.3 Å². The van der Waals surface area contributed by atoms with Gasteiger partial charge in [0.2, 0.25) is 0 Å². The van der Waals surface area contributed by atoms with Gasteiger partial charge in [0, 0.05) is 28.9 Å². The molecule has 0 saturated carbocycles. The molecule has 0 unspecified atom stereocenters. The topological polar surface area (TPSA) is 95.0 Å². The minimum absolute atomic E-state index is 0.176. The second-order valence-electron chi connectivity index (χ2n) is 11.8. The number of halogens is 1. The lowest BCUT2D eigenvalue weighted by Crippen LogP contribution is -2.49. The van der Waals surface area contributed by atoms with Gasteiger partial charge in [0.05, 0.1) is 27.9 Å². The van der Waals surface area contributed by atoms with Gasteiger partial charge in [0.1, 0.15) is 0 Å². The number of aromatic carboxylic acids is 1. The molecule has 3 aliphatic rings. The summed E-state index contributed by atoms with van der Waals surface area (Å²) in [5.74, 6) is -2.21. The van der Waals surface area contributed by atoms with E-state index in [1.54, 1.807) is 53.4 Å². The van der Waals surface area contributed by atoms with E-state index in [0.717, 1.165) is 16.0 Å². The lowest BCUT2D eigenvalue weighted by atomic mass is 9.58. The van der Waals surface area contributed by atoms with Crippen LogP contribution in [0.1, 0.15) is 74.2 Å². The molecule has 0 aromatic heterocycles. The van der Waals surface area contributed by atoms with E-state index in [2.05, 4.69) is 32.9 Å². The van der Waals surface area contributed by atoms with Gasteiger partial charge in [-0.05, 0) is 60.0 Å². The molecule has 2 aliphatic heterocycles. The normalized spacial score (nSPS) is 21.0. The van der Waals surface area contributed by atoms with Gasteiger partial charge in [0.15, 0.2) is 0 Å². The number of hydrogen-bond acceptors (Lipinski definition) is 4. The van der Waals surface area contributed by atoms with E-state index in [1.807, 2.05) is 12.1 Å². The average Bonchev–Trinajstić information content (AvgIpc) is 3.21. The van der Waals surface area contributed by atoms with Crippen LogP contribution < -0.4 is 4.90 Å². The van der Waals surface area contributed by atoms with Crippen molar-refractivity contribution in [2.45, 2.75) is 27.2 Å². The van der Waals surface area contributed by atoms with E-state index < -0.39 is 17.8 Å². The Bertz CT molecular complexity index is 1720. The predicted molar refractivity (Wildman–Crippen MR) is 161 cm³/mol. The quantitative estimate of drug-likeness (QED) is 0.272. The van der Waals surface area contributed by atoms with Crippen molar-refractivity contribution in [3.05, 3.63) is 117 Å². The summed E-state index contributed by atoms with van der Waals surface area (Å²) in [6.07, 6.45) is 4.99. The fraction of sp³-hybridized carbons (Fsp3) is 0.235. The number of allylic oxidation sites excluding steroid dienone is 2. The molecule has 7 nitrogen and oxygen atoms in total. The lowest BCUT2D eigenvalue weighted by Gasteiger charge is -2.50. The van der Waals surface area contributed by atoms with Crippen molar-refractivity contribution in [3.63, 3.8) is 0 Å². The predicted octanol–water partition coefficient (Wildman–Crippen LogP) is 6.74. The average molecular weight is 581 g/mol. The molecule has 3 aromatic carbocycles. The Balaban J connectivity index is 1.31. The van der Waals surface area contributed by atoms with E-state index in [4.69, 9.17) is 11.6 Å². The highest BCUT2D eigenvalue weighted by Crippen LogP contribution is 2.55.